The van der Waals surface area contributed by atoms with Crippen LogP contribution in [0.1, 0.15) is 74.3 Å². The normalized spacial score (nSPS) is 21.1. The van der Waals surface area contributed by atoms with Gasteiger partial charge in [0.05, 0.1) is 11.1 Å². The second-order valence-corrected chi connectivity index (χ2v) is 21.3. The number of nitrogens with one attached hydrogen (secondary N) is 1. The van der Waals surface area contributed by atoms with Gasteiger partial charge in [-0.25, -0.2) is 0 Å². The van der Waals surface area contributed by atoms with Crippen molar-refractivity contribution in [2.45, 2.75) is 77.0 Å². The van der Waals surface area contributed by atoms with Crippen LogP contribution in [0.25, 0.3) is 10.9 Å². The molecule has 1 aromatic heterocycles. The number of halogens is 1. The summed E-state index contributed by atoms with van der Waals surface area (Å²) >= 11 is 2.59. The molecule has 0 bridgehead atoms. The second-order valence-electron chi connectivity index (χ2n) is 14.1. The van der Waals surface area contributed by atoms with Crippen molar-refractivity contribution in [1.82, 2.24) is 14.8 Å². The minimum absolute atomic E-state index is 0.0541. The Morgan fingerprint density at radius 2 is 1.56 bits per heavy atom. The number of hydrogen-bond acceptors (Lipinski definition) is 5. The van der Waals surface area contributed by atoms with E-state index in [-0.39, 0.29) is 29.2 Å². The molecule has 0 unspecified atom stereocenters. The van der Waals surface area contributed by atoms with Gasteiger partial charge in [-0.2, -0.15) is 0 Å². The van der Waals surface area contributed by atoms with Crippen LogP contribution >= 0.6 is 21.8 Å². The molecule has 4 aromatic rings. The maximum absolute atomic E-state index is 13.4. The van der Waals surface area contributed by atoms with Gasteiger partial charge in [0.25, 0.3) is 11.5 Å². The number of amides is 1. The highest BCUT2D eigenvalue weighted by molar-refractivity contribution is 14.1. The van der Waals surface area contributed by atoms with E-state index in [4.69, 9.17) is 4.43 Å². The van der Waals surface area contributed by atoms with Gasteiger partial charge in [-0.3, -0.25) is 9.59 Å². The van der Waals surface area contributed by atoms with Crippen molar-refractivity contribution in [2.75, 3.05) is 26.2 Å². The molecule has 48 heavy (non-hydrogen) atoms. The van der Waals surface area contributed by atoms with Gasteiger partial charge >= 0.3 is 5.81 Å². The van der Waals surface area contributed by atoms with Crippen molar-refractivity contribution in [3.05, 3.63) is 106 Å². The van der Waals surface area contributed by atoms with E-state index in [0.29, 0.717) is 19.0 Å². The Hall–Kier alpha value is -2.83. The van der Waals surface area contributed by atoms with Crippen LogP contribution in [0.4, 0.5) is 0 Å². The monoisotopic (exact) mass is 777 g/mol. The minimum Gasteiger partial charge on any atom is -0.397 e. The van der Waals surface area contributed by atoms with Crippen LogP contribution < -0.4 is 21.2 Å². The molecule has 9 heteroatoms. The van der Waals surface area contributed by atoms with Crippen LogP contribution in [0.5, 0.6) is 0 Å². The molecule has 1 saturated heterocycles. The Labute approximate surface area is 298 Å². The molecule has 2 fully saturated rings. The Bertz CT molecular complexity index is 1730. The third-order valence-corrected chi connectivity index (χ3v) is 17.6. The molecule has 0 spiro atoms. The molecule has 2 heterocycles. The number of nitrogens with zero attached hydrogens (tertiary/aromatic N) is 2. The molecule has 0 atom stereocenters. The SMILES string of the molecule is Cc1cccc2c1cc(C(=O)NCC1CCN(CC3(O)CCC(O[Si](I)(c4ccccc4)c4ccccc4)CC3)CC1)c(=O)n2C(C)C. The van der Waals surface area contributed by atoms with Crippen molar-refractivity contribution in [3.8, 4) is 0 Å². The van der Waals surface area contributed by atoms with Crippen LogP contribution in [0, 0.1) is 12.8 Å². The topological polar surface area (TPSA) is 83.8 Å². The number of aryl methyl sites for hydroxylation is 1. The number of carbonyl (C=O) groups excluding carboxylic acids is 1. The maximum Gasteiger partial charge on any atom is 0.323 e. The highest BCUT2D eigenvalue weighted by atomic mass is 127. The summed E-state index contributed by atoms with van der Waals surface area (Å²) in [7, 11) is 0. The lowest BCUT2D eigenvalue weighted by Crippen LogP contribution is -2.58. The lowest BCUT2D eigenvalue weighted by atomic mass is 9.82. The third kappa shape index (κ3) is 7.65. The molecule has 0 radical (unpaired) electrons. The standard InChI is InChI=1S/C39H48IN3O4Si/c1-28(2)43-36-16-10-11-29(3)34(36)25-35(38(43)45)37(44)41-26-30-19-23-42(24-20-30)27-39(46)21-17-31(18-22-39)47-48(40,32-12-6-4-7-13-32)33-14-8-5-9-15-33/h4-16,25,28,30-31,46H,17-24,26-27H2,1-3H3,(H,41,44). The molecule has 1 saturated carbocycles. The van der Waals surface area contributed by atoms with E-state index in [2.05, 4.69) is 92.7 Å². The van der Waals surface area contributed by atoms with Crippen LogP contribution in [0.3, 0.4) is 0 Å². The van der Waals surface area contributed by atoms with Crippen LogP contribution in [-0.2, 0) is 4.43 Å². The zero-order chi connectivity index (χ0) is 33.9. The quantitative estimate of drug-likeness (QED) is 0.123. The third-order valence-electron chi connectivity index (χ3n) is 10.3. The fourth-order valence-electron chi connectivity index (χ4n) is 7.52. The van der Waals surface area contributed by atoms with Gasteiger partial charge in [-0.1, -0.05) is 94.6 Å². The second kappa shape index (κ2) is 15.0. The first-order valence-corrected chi connectivity index (χ1v) is 22.4. The number of likely N-dealkylation sites (tertiary alicyclic amines) is 1. The molecule has 6 rings (SSSR count). The first-order chi connectivity index (χ1) is 23.1. The average Bonchev–Trinajstić information content (AvgIpc) is 3.09. The first-order valence-electron chi connectivity index (χ1n) is 17.4. The number of β-amino-alcohol motifs (C(OH)–C–C–N with tert-alkyl or cyclic N) is 1. The van der Waals surface area contributed by atoms with E-state index < -0.39 is 11.4 Å². The zero-order valence-corrected chi connectivity index (χ0v) is 31.5. The Balaban J connectivity index is 1.00. The molecule has 2 N–H and O–H groups in total. The predicted octanol–water partition coefficient (Wildman–Crippen LogP) is 5.71. The molecular weight excluding hydrogens is 729 g/mol. The average molecular weight is 778 g/mol. The van der Waals surface area contributed by atoms with Gasteiger partial charge in [0.1, 0.15) is 5.56 Å². The number of pyridine rings is 1. The summed E-state index contributed by atoms with van der Waals surface area (Å²) in [6.07, 6.45) is 5.19. The van der Waals surface area contributed by atoms with E-state index in [1.165, 1.54) is 10.4 Å². The van der Waals surface area contributed by atoms with Gasteiger partial charge in [-0.05, 0) is 106 Å². The van der Waals surface area contributed by atoms with E-state index in [1.807, 2.05) is 39.0 Å². The number of benzene rings is 3. The number of piperidine rings is 1. The molecule has 3 aromatic carbocycles. The highest BCUT2D eigenvalue weighted by Gasteiger charge is 2.43. The fourth-order valence-corrected chi connectivity index (χ4v) is 13.3. The molecule has 1 aliphatic carbocycles. The number of rotatable bonds is 10. The van der Waals surface area contributed by atoms with Crippen molar-refractivity contribution in [3.63, 3.8) is 0 Å². The number of fused-ring (bicyclic) bond motifs is 1. The molecule has 254 valence electrons. The van der Waals surface area contributed by atoms with Gasteiger partial charge in [0.2, 0.25) is 0 Å². The largest absolute Gasteiger partial charge is 0.397 e. The molecule has 1 aliphatic heterocycles. The van der Waals surface area contributed by atoms with Crippen molar-refractivity contribution in [2.24, 2.45) is 5.92 Å². The first kappa shape index (κ1) is 35.0. The lowest BCUT2D eigenvalue weighted by molar-refractivity contribution is -0.0532. The van der Waals surface area contributed by atoms with E-state index in [0.717, 1.165) is 68.1 Å². The predicted molar refractivity (Wildman–Crippen MR) is 205 cm³/mol. The van der Waals surface area contributed by atoms with Crippen molar-refractivity contribution >= 4 is 54.8 Å². The fraction of sp³-hybridized carbons (Fsp3) is 0.436. The number of hydrogen-bond donors (Lipinski definition) is 2. The highest BCUT2D eigenvalue weighted by Crippen LogP contribution is 2.34. The van der Waals surface area contributed by atoms with E-state index in [9.17, 15) is 14.7 Å². The van der Waals surface area contributed by atoms with Crippen molar-refractivity contribution in [1.29, 1.82) is 0 Å². The number of carbonyl (C=O) groups is 1. The smallest absolute Gasteiger partial charge is 0.323 e. The maximum atomic E-state index is 13.4. The Kier molecular flexibility index (Phi) is 10.9. The summed E-state index contributed by atoms with van der Waals surface area (Å²) < 4.78 is 8.75. The van der Waals surface area contributed by atoms with Gasteiger partial charge < -0.3 is 24.3 Å². The van der Waals surface area contributed by atoms with Gasteiger partial charge in [0.15, 0.2) is 0 Å². The van der Waals surface area contributed by atoms with Crippen LogP contribution in [-0.4, -0.2) is 64.2 Å². The minimum atomic E-state index is -2.42. The number of aliphatic hydroxyl groups is 1. The number of aromatic nitrogens is 1. The lowest BCUT2D eigenvalue weighted by Gasteiger charge is -2.43. The summed E-state index contributed by atoms with van der Waals surface area (Å²) in [4.78, 5) is 29.1. The zero-order valence-electron chi connectivity index (χ0n) is 28.3. The summed E-state index contributed by atoms with van der Waals surface area (Å²) in [5.74, 6) is -2.37. The van der Waals surface area contributed by atoms with E-state index >= 15 is 0 Å². The summed E-state index contributed by atoms with van der Waals surface area (Å²) in [6.45, 7) is 8.97. The molecule has 1 amide bonds. The van der Waals surface area contributed by atoms with Crippen LogP contribution in [0.15, 0.2) is 89.7 Å². The summed E-state index contributed by atoms with van der Waals surface area (Å²) in [5, 5.41) is 18.2. The molecular formula is C39H48IN3O4Si. The Morgan fingerprint density at radius 1 is 0.958 bits per heavy atom. The van der Waals surface area contributed by atoms with Gasteiger partial charge in [0, 0.05) is 30.6 Å². The van der Waals surface area contributed by atoms with Gasteiger partial charge in [-0.15, -0.1) is 0 Å². The Morgan fingerprint density at radius 3 is 2.15 bits per heavy atom. The summed E-state index contributed by atoms with van der Waals surface area (Å²) in [6, 6.07) is 28.8. The molecule has 7 nitrogen and oxygen atoms in total. The van der Waals surface area contributed by atoms with Crippen molar-refractivity contribution < 1.29 is 14.3 Å². The molecule has 2 aliphatic rings. The van der Waals surface area contributed by atoms with E-state index in [1.54, 1.807) is 10.6 Å². The summed E-state index contributed by atoms with van der Waals surface area (Å²) in [5.41, 5.74) is 1.17. The van der Waals surface area contributed by atoms with Crippen LogP contribution in [0.2, 0.25) is 0 Å².